The first-order valence-corrected chi connectivity index (χ1v) is 11.5. The van der Waals surface area contributed by atoms with Gasteiger partial charge in [0.15, 0.2) is 5.78 Å². The third-order valence-electron chi connectivity index (χ3n) is 6.39. The summed E-state index contributed by atoms with van der Waals surface area (Å²) in [5.41, 5.74) is 4.08. The van der Waals surface area contributed by atoms with Crippen LogP contribution in [-0.2, 0) is 0 Å². The van der Waals surface area contributed by atoms with Crippen LogP contribution in [0.3, 0.4) is 0 Å². The molecule has 0 bridgehead atoms. The van der Waals surface area contributed by atoms with Gasteiger partial charge in [-0.05, 0) is 55.7 Å². The zero-order valence-electron chi connectivity index (χ0n) is 19.0. The molecule has 0 unspecified atom stereocenters. The number of aryl methyl sites for hydroxylation is 1. The molecule has 1 amide bonds. The maximum Gasteiger partial charge on any atom is 0.253 e. The number of likely N-dealkylation sites (tertiary alicyclic amines) is 1. The van der Waals surface area contributed by atoms with Gasteiger partial charge in [0, 0.05) is 41.3 Å². The fourth-order valence-corrected chi connectivity index (χ4v) is 4.38. The van der Waals surface area contributed by atoms with E-state index in [1.165, 1.54) is 0 Å². The van der Waals surface area contributed by atoms with Crippen molar-refractivity contribution in [2.24, 2.45) is 5.92 Å². The lowest BCUT2D eigenvalue weighted by molar-refractivity contribution is 0.0650. The van der Waals surface area contributed by atoms with E-state index >= 15 is 0 Å². The van der Waals surface area contributed by atoms with Gasteiger partial charge in [-0.15, -0.1) is 10.2 Å². The summed E-state index contributed by atoms with van der Waals surface area (Å²) in [6, 6.07) is 24.5. The number of piperidine rings is 1. The molecule has 170 valence electrons. The van der Waals surface area contributed by atoms with Crippen LogP contribution in [0.15, 0.2) is 83.3 Å². The van der Waals surface area contributed by atoms with Gasteiger partial charge in [0.05, 0.1) is 0 Å². The molecule has 0 atom stereocenters. The van der Waals surface area contributed by atoms with Crippen molar-refractivity contribution >= 4 is 11.7 Å². The van der Waals surface area contributed by atoms with Crippen LogP contribution in [0.4, 0.5) is 0 Å². The average Bonchev–Trinajstić information content (AvgIpc) is 3.39. The molecular formula is C28H25N3O3. The Morgan fingerprint density at radius 2 is 1.44 bits per heavy atom. The molecular weight excluding hydrogens is 426 g/mol. The summed E-state index contributed by atoms with van der Waals surface area (Å²) in [4.78, 5) is 27.5. The molecule has 3 aromatic carbocycles. The van der Waals surface area contributed by atoms with Gasteiger partial charge >= 0.3 is 0 Å². The summed E-state index contributed by atoms with van der Waals surface area (Å²) < 4.78 is 5.87. The summed E-state index contributed by atoms with van der Waals surface area (Å²) in [6.07, 6.45) is 1.36. The first-order chi connectivity index (χ1) is 16.6. The third kappa shape index (κ3) is 4.39. The van der Waals surface area contributed by atoms with Crippen molar-refractivity contribution < 1.29 is 14.0 Å². The van der Waals surface area contributed by atoms with Crippen molar-refractivity contribution in [2.75, 3.05) is 13.1 Å². The molecule has 0 radical (unpaired) electrons. The Balaban J connectivity index is 1.23. The second-order valence-corrected chi connectivity index (χ2v) is 8.60. The van der Waals surface area contributed by atoms with E-state index in [2.05, 4.69) is 10.2 Å². The van der Waals surface area contributed by atoms with E-state index < -0.39 is 0 Å². The van der Waals surface area contributed by atoms with Gasteiger partial charge < -0.3 is 9.32 Å². The number of ketones is 1. The normalized spacial score (nSPS) is 14.2. The molecule has 4 aromatic rings. The van der Waals surface area contributed by atoms with Gasteiger partial charge in [-0.3, -0.25) is 9.59 Å². The van der Waals surface area contributed by atoms with E-state index in [0.717, 1.165) is 22.3 Å². The molecule has 6 nitrogen and oxygen atoms in total. The molecule has 34 heavy (non-hydrogen) atoms. The first-order valence-electron chi connectivity index (χ1n) is 11.5. The molecule has 5 rings (SSSR count). The molecule has 1 aliphatic heterocycles. The van der Waals surface area contributed by atoms with E-state index in [1.54, 1.807) is 12.1 Å². The van der Waals surface area contributed by atoms with Crippen LogP contribution < -0.4 is 0 Å². The Labute approximate surface area is 198 Å². The van der Waals surface area contributed by atoms with Crippen LogP contribution in [0.25, 0.3) is 22.9 Å². The summed E-state index contributed by atoms with van der Waals surface area (Å²) in [7, 11) is 0. The van der Waals surface area contributed by atoms with E-state index in [1.807, 2.05) is 78.6 Å². The van der Waals surface area contributed by atoms with Gasteiger partial charge in [0.1, 0.15) is 0 Å². The van der Waals surface area contributed by atoms with Crippen molar-refractivity contribution in [1.29, 1.82) is 0 Å². The highest BCUT2D eigenvalue weighted by Gasteiger charge is 2.28. The number of hydrogen-bond acceptors (Lipinski definition) is 5. The number of carbonyl (C=O) groups excluding carboxylic acids is 2. The van der Waals surface area contributed by atoms with Gasteiger partial charge in [-0.25, -0.2) is 0 Å². The second kappa shape index (κ2) is 9.43. The minimum atomic E-state index is -0.0335. The van der Waals surface area contributed by atoms with Crippen molar-refractivity contribution in [2.45, 2.75) is 19.8 Å². The Morgan fingerprint density at radius 1 is 0.794 bits per heavy atom. The van der Waals surface area contributed by atoms with E-state index in [4.69, 9.17) is 4.42 Å². The third-order valence-corrected chi connectivity index (χ3v) is 6.39. The lowest BCUT2D eigenvalue weighted by atomic mass is 9.88. The summed E-state index contributed by atoms with van der Waals surface area (Å²) in [5.74, 6) is 0.998. The Morgan fingerprint density at radius 3 is 2.15 bits per heavy atom. The standard InChI is InChI=1S/C28H25N3O3/c1-19-7-5-6-10-24(19)27-30-29-26(34-27)22-11-13-23(14-12-22)28(33)31-17-15-21(16-18-31)25(32)20-8-3-2-4-9-20/h2-14,21H,15-18H2,1H3. The minimum Gasteiger partial charge on any atom is -0.416 e. The van der Waals surface area contributed by atoms with Crippen LogP contribution in [0.1, 0.15) is 39.1 Å². The maximum absolute atomic E-state index is 13.0. The van der Waals surface area contributed by atoms with E-state index in [9.17, 15) is 9.59 Å². The number of hydrogen-bond donors (Lipinski definition) is 0. The predicted molar refractivity (Wildman–Crippen MR) is 129 cm³/mol. The van der Waals surface area contributed by atoms with Gasteiger partial charge in [-0.1, -0.05) is 48.5 Å². The number of carbonyl (C=O) groups is 2. The highest BCUT2D eigenvalue weighted by molar-refractivity contribution is 5.98. The molecule has 0 saturated carbocycles. The lowest BCUT2D eigenvalue weighted by Gasteiger charge is -2.31. The summed E-state index contributed by atoms with van der Waals surface area (Å²) in [5, 5.41) is 8.35. The van der Waals surface area contributed by atoms with Crippen LogP contribution >= 0.6 is 0 Å². The Bertz CT molecular complexity index is 1300. The van der Waals surface area contributed by atoms with Crippen LogP contribution in [0.5, 0.6) is 0 Å². The van der Waals surface area contributed by atoms with Crippen LogP contribution in [0, 0.1) is 12.8 Å². The van der Waals surface area contributed by atoms with E-state index in [0.29, 0.717) is 43.3 Å². The van der Waals surface area contributed by atoms with Crippen molar-refractivity contribution in [1.82, 2.24) is 15.1 Å². The number of nitrogens with zero attached hydrogens (tertiary/aromatic N) is 3. The number of rotatable bonds is 5. The first kappa shape index (κ1) is 21.8. The second-order valence-electron chi connectivity index (χ2n) is 8.60. The average molecular weight is 452 g/mol. The molecule has 0 N–H and O–H groups in total. The Kier molecular flexibility index (Phi) is 6.04. The van der Waals surface area contributed by atoms with Gasteiger partial charge in [-0.2, -0.15) is 0 Å². The lowest BCUT2D eigenvalue weighted by Crippen LogP contribution is -2.40. The molecule has 1 aromatic heterocycles. The maximum atomic E-state index is 13.0. The smallest absolute Gasteiger partial charge is 0.253 e. The molecule has 1 saturated heterocycles. The minimum absolute atomic E-state index is 0.0247. The topological polar surface area (TPSA) is 76.3 Å². The van der Waals surface area contributed by atoms with Gasteiger partial charge in [0.25, 0.3) is 5.91 Å². The molecule has 1 aliphatic rings. The fourth-order valence-electron chi connectivity index (χ4n) is 4.38. The van der Waals surface area contributed by atoms with Crippen LogP contribution in [-0.4, -0.2) is 39.9 Å². The number of benzene rings is 3. The van der Waals surface area contributed by atoms with Crippen LogP contribution in [0.2, 0.25) is 0 Å². The number of amides is 1. The molecule has 0 spiro atoms. The largest absolute Gasteiger partial charge is 0.416 e. The summed E-state index contributed by atoms with van der Waals surface area (Å²) >= 11 is 0. The zero-order valence-corrected chi connectivity index (χ0v) is 19.0. The van der Waals surface area contributed by atoms with Crippen molar-refractivity contribution in [3.63, 3.8) is 0 Å². The Hall–Kier alpha value is -4.06. The predicted octanol–water partition coefficient (Wildman–Crippen LogP) is 5.45. The quantitative estimate of drug-likeness (QED) is 0.377. The summed E-state index contributed by atoms with van der Waals surface area (Å²) in [6.45, 7) is 3.15. The number of Topliss-reactive ketones (excluding diaryl/α,β-unsaturated/α-hetero) is 1. The molecule has 0 aliphatic carbocycles. The zero-order chi connectivity index (χ0) is 23.5. The fraction of sp³-hybridized carbons (Fsp3) is 0.214. The van der Waals surface area contributed by atoms with E-state index in [-0.39, 0.29) is 17.6 Å². The molecule has 6 heteroatoms. The monoisotopic (exact) mass is 451 g/mol. The number of aromatic nitrogens is 2. The molecule has 2 heterocycles. The van der Waals surface area contributed by atoms with Gasteiger partial charge in [0.2, 0.25) is 11.8 Å². The highest BCUT2D eigenvalue weighted by atomic mass is 16.4. The highest BCUT2D eigenvalue weighted by Crippen LogP contribution is 2.27. The molecule has 1 fully saturated rings. The van der Waals surface area contributed by atoms with Crippen molar-refractivity contribution in [3.8, 4) is 22.9 Å². The SMILES string of the molecule is Cc1ccccc1-c1nnc(-c2ccc(C(=O)N3CCC(C(=O)c4ccccc4)CC3)cc2)o1. The van der Waals surface area contributed by atoms with Crippen molar-refractivity contribution in [3.05, 3.63) is 95.6 Å².